The van der Waals surface area contributed by atoms with Crippen molar-refractivity contribution in [3.05, 3.63) is 35.5 Å². The molecule has 0 saturated carbocycles. The average Bonchev–Trinajstić information content (AvgIpc) is 2.97. The number of allylic oxidation sites excluding steroid dienone is 1. The standard InChI is InChI=1S/C20H26O5/c1-6-10(2)18(21)24-14-9-11(3)13-7-8-20(5,23)16(13)17-15(14)12(4)19(22)25-17/h7-8,10,14-17,23H,4,6,9H2,1-3,5H3/t10-,14+,15-,16+,17+,20-/m1/s1. The molecule has 0 aromatic carbocycles. The van der Waals surface area contributed by atoms with Crippen LogP contribution in [-0.2, 0) is 19.1 Å². The highest BCUT2D eigenvalue weighted by Crippen LogP contribution is 2.50. The van der Waals surface area contributed by atoms with E-state index in [9.17, 15) is 14.7 Å². The molecule has 0 aromatic rings. The van der Waals surface area contributed by atoms with Gasteiger partial charge in [-0.15, -0.1) is 0 Å². The first-order valence-electron chi connectivity index (χ1n) is 8.88. The molecule has 3 aliphatic rings. The second-order valence-corrected chi connectivity index (χ2v) is 7.68. The average molecular weight is 346 g/mol. The van der Waals surface area contributed by atoms with Crippen molar-refractivity contribution < 1.29 is 24.2 Å². The molecule has 0 radical (unpaired) electrons. The number of hydrogen-bond acceptors (Lipinski definition) is 5. The van der Waals surface area contributed by atoms with Crippen LogP contribution in [0.4, 0.5) is 0 Å². The molecule has 1 fully saturated rings. The van der Waals surface area contributed by atoms with Gasteiger partial charge in [-0.3, -0.25) is 4.79 Å². The highest BCUT2D eigenvalue weighted by molar-refractivity contribution is 5.91. The van der Waals surface area contributed by atoms with Crippen molar-refractivity contribution in [2.24, 2.45) is 17.8 Å². The van der Waals surface area contributed by atoms with E-state index >= 15 is 0 Å². The summed E-state index contributed by atoms with van der Waals surface area (Å²) in [4.78, 5) is 24.5. The van der Waals surface area contributed by atoms with Crippen LogP contribution in [-0.4, -0.2) is 34.9 Å². The van der Waals surface area contributed by atoms with Crippen molar-refractivity contribution in [3.63, 3.8) is 0 Å². The lowest BCUT2D eigenvalue weighted by Crippen LogP contribution is -2.43. The first-order chi connectivity index (χ1) is 11.7. The Morgan fingerprint density at radius 1 is 1.56 bits per heavy atom. The smallest absolute Gasteiger partial charge is 0.334 e. The zero-order valence-corrected chi connectivity index (χ0v) is 15.2. The van der Waals surface area contributed by atoms with Crippen LogP contribution in [0.15, 0.2) is 35.5 Å². The van der Waals surface area contributed by atoms with E-state index in [2.05, 4.69) is 6.58 Å². The number of esters is 2. The Hall–Kier alpha value is -1.88. The third kappa shape index (κ3) is 2.84. The summed E-state index contributed by atoms with van der Waals surface area (Å²) in [7, 11) is 0. The van der Waals surface area contributed by atoms with Gasteiger partial charge in [0.2, 0.25) is 0 Å². The second kappa shape index (κ2) is 6.13. The van der Waals surface area contributed by atoms with Crippen LogP contribution in [0.3, 0.4) is 0 Å². The summed E-state index contributed by atoms with van der Waals surface area (Å²) in [5, 5.41) is 10.8. The van der Waals surface area contributed by atoms with E-state index in [0.717, 1.165) is 11.1 Å². The second-order valence-electron chi connectivity index (χ2n) is 7.68. The zero-order chi connectivity index (χ0) is 18.5. The van der Waals surface area contributed by atoms with Crippen LogP contribution >= 0.6 is 0 Å². The predicted molar refractivity (Wildman–Crippen MR) is 92.4 cm³/mol. The van der Waals surface area contributed by atoms with E-state index in [1.807, 2.05) is 26.8 Å². The van der Waals surface area contributed by atoms with Crippen molar-refractivity contribution in [1.82, 2.24) is 0 Å². The molecular weight excluding hydrogens is 320 g/mol. The fourth-order valence-electron chi connectivity index (χ4n) is 4.11. The summed E-state index contributed by atoms with van der Waals surface area (Å²) in [6.07, 6.45) is 3.75. The number of fused-ring (bicyclic) bond motifs is 3. The maximum Gasteiger partial charge on any atom is 0.334 e. The molecule has 25 heavy (non-hydrogen) atoms. The molecule has 1 N–H and O–H groups in total. The normalized spacial score (nSPS) is 38.1. The van der Waals surface area contributed by atoms with Gasteiger partial charge < -0.3 is 14.6 Å². The molecular formula is C20H26O5. The molecule has 6 atom stereocenters. The van der Waals surface area contributed by atoms with Gasteiger partial charge >= 0.3 is 11.9 Å². The molecule has 0 bridgehead atoms. The maximum absolute atomic E-state index is 12.4. The van der Waals surface area contributed by atoms with Gasteiger partial charge in [0.25, 0.3) is 0 Å². The molecule has 1 aliphatic heterocycles. The van der Waals surface area contributed by atoms with E-state index in [4.69, 9.17) is 9.47 Å². The molecule has 5 nitrogen and oxygen atoms in total. The quantitative estimate of drug-likeness (QED) is 0.628. The molecule has 0 unspecified atom stereocenters. The van der Waals surface area contributed by atoms with Crippen LogP contribution < -0.4 is 0 Å². The van der Waals surface area contributed by atoms with Crippen LogP contribution in [0.25, 0.3) is 0 Å². The molecule has 5 heteroatoms. The van der Waals surface area contributed by atoms with Crippen LogP contribution in [0.2, 0.25) is 0 Å². The fraction of sp³-hybridized carbons (Fsp3) is 0.600. The van der Waals surface area contributed by atoms with E-state index in [1.165, 1.54) is 0 Å². The molecule has 1 heterocycles. The fourth-order valence-corrected chi connectivity index (χ4v) is 4.11. The van der Waals surface area contributed by atoms with E-state index in [1.54, 1.807) is 13.0 Å². The Labute approximate surface area is 148 Å². The lowest BCUT2D eigenvalue weighted by Gasteiger charge is -2.33. The Balaban J connectivity index is 2.00. The highest BCUT2D eigenvalue weighted by atomic mass is 16.6. The molecule has 136 valence electrons. The summed E-state index contributed by atoms with van der Waals surface area (Å²) in [6, 6.07) is 0. The van der Waals surface area contributed by atoms with E-state index in [0.29, 0.717) is 18.4 Å². The first-order valence-corrected chi connectivity index (χ1v) is 8.88. The van der Waals surface area contributed by atoms with Crippen molar-refractivity contribution in [3.8, 4) is 0 Å². The zero-order valence-electron chi connectivity index (χ0n) is 15.2. The minimum atomic E-state index is -1.11. The van der Waals surface area contributed by atoms with Crippen LogP contribution in [0.5, 0.6) is 0 Å². The highest BCUT2D eigenvalue weighted by Gasteiger charge is 2.56. The third-order valence-electron chi connectivity index (χ3n) is 5.84. The van der Waals surface area contributed by atoms with Gasteiger partial charge in [0.15, 0.2) is 0 Å². The number of rotatable bonds is 3. The Morgan fingerprint density at radius 3 is 2.88 bits per heavy atom. The lowest BCUT2D eigenvalue weighted by atomic mass is 9.78. The summed E-state index contributed by atoms with van der Waals surface area (Å²) < 4.78 is 11.4. The monoisotopic (exact) mass is 346 g/mol. The number of aliphatic hydroxyl groups is 1. The van der Waals surface area contributed by atoms with Gasteiger partial charge in [-0.25, -0.2) is 4.79 Å². The molecule has 0 spiro atoms. The minimum Gasteiger partial charge on any atom is -0.461 e. The minimum absolute atomic E-state index is 0.205. The Kier molecular flexibility index (Phi) is 4.40. The summed E-state index contributed by atoms with van der Waals surface area (Å²) in [5.74, 6) is -1.76. The van der Waals surface area contributed by atoms with Gasteiger partial charge in [-0.2, -0.15) is 0 Å². The number of carbonyl (C=O) groups excluding carboxylic acids is 2. The van der Waals surface area contributed by atoms with Crippen molar-refractivity contribution >= 4 is 11.9 Å². The number of hydrogen-bond donors (Lipinski definition) is 1. The molecule has 2 aliphatic carbocycles. The van der Waals surface area contributed by atoms with E-state index < -0.39 is 29.7 Å². The summed E-state index contributed by atoms with van der Waals surface area (Å²) >= 11 is 0. The Morgan fingerprint density at radius 2 is 2.24 bits per heavy atom. The first kappa shape index (κ1) is 17.9. The van der Waals surface area contributed by atoms with Crippen LogP contribution in [0, 0.1) is 17.8 Å². The van der Waals surface area contributed by atoms with Gasteiger partial charge in [0.05, 0.1) is 23.4 Å². The topological polar surface area (TPSA) is 72.8 Å². The van der Waals surface area contributed by atoms with Gasteiger partial charge in [0.1, 0.15) is 12.2 Å². The number of ether oxygens (including phenoxy) is 2. The molecule has 3 rings (SSSR count). The maximum atomic E-state index is 12.4. The van der Waals surface area contributed by atoms with Gasteiger partial charge in [-0.05, 0) is 25.8 Å². The molecule has 0 aromatic heterocycles. The van der Waals surface area contributed by atoms with Gasteiger partial charge in [-0.1, -0.05) is 38.2 Å². The van der Waals surface area contributed by atoms with Gasteiger partial charge in [0, 0.05) is 12.0 Å². The SMILES string of the molecule is C=C1C(=O)O[C@H]2[C@H]1[C@@H](OC(=O)[C@H](C)CC)CC(C)=C1C=C[C@@](C)(O)[C@@H]12. The van der Waals surface area contributed by atoms with Crippen molar-refractivity contribution in [2.45, 2.75) is 58.3 Å². The number of carbonyl (C=O) groups is 2. The Bertz CT molecular complexity index is 684. The van der Waals surface area contributed by atoms with Crippen molar-refractivity contribution in [2.75, 3.05) is 0 Å². The largest absolute Gasteiger partial charge is 0.461 e. The summed E-state index contributed by atoms with van der Waals surface area (Å²) in [5.41, 5.74) is 1.22. The van der Waals surface area contributed by atoms with Crippen LogP contribution in [0.1, 0.15) is 40.5 Å². The molecule has 0 amide bonds. The lowest BCUT2D eigenvalue weighted by molar-refractivity contribution is -0.158. The van der Waals surface area contributed by atoms with Crippen molar-refractivity contribution in [1.29, 1.82) is 0 Å². The predicted octanol–water partition coefficient (Wildman–Crippen LogP) is 2.70. The van der Waals surface area contributed by atoms with E-state index in [-0.39, 0.29) is 17.8 Å². The third-order valence-corrected chi connectivity index (χ3v) is 5.84. The molecule has 1 saturated heterocycles. The summed E-state index contributed by atoms with van der Waals surface area (Å²) in [6.45, 7) is 11.3.